The first-order valence-electron chi connectivity index (χ1n) is 8.42. The molecular weight excluding hydrogens is 417 g/mol. The van der Waals surface area contributed by atoms with Crippen LogP contribution in [0.4, 0.5) is 0 Å². The van der Waals surface area contributed by atoms with E-state index in [4.69, 9.17) is 10.5 Å². The van der Waals surface area contributed by atoms with Crippen molar-refractivity contribution >= 4 is 41.5 Å². The maximum absolute atomic E-state index is 12.4. The number of nitrogens with zero attached hydrogens (tertiary/aromatic N) is 1. The molecular formula is C16H20N3NaO8S. The second-order valence-electron chi connectivity index (χ2n) is 6.31. The van der Waals surface area contributed by atoms with Crippen molar-refractivity contribution in [3.05, 3.63) is 11.3 Å². The van der Waals surface area contributed by atoms with Gasteiger partial charge in [0, 0.05) is 30.7 Å². The molecule has 3 atom stereocenters. The Morgan fingerprint density at radius 3 is 2.62 bits per heavy atom. The summed E-state index contributed by atoms with van der Waals surface area (Å²) < 4.78 is 4.84. The zero-order valence-electron chi connectivity index (χ0n) is 16.0. The first kappa shape index (κ1) is 25.4. The average molecular weight is 437 g/mol. The summed E-state index contributed by atoms with van der Waals surface area (Å²) in [5, 5.41) is 21.9. The van der Waals surface area contributed by atoms with Crippen LogP contribution in [0.3, 0.4) is 0 Å². The third-order valence-corrected chi connectivity index (χ3v) is 5.58. The van der Waals surface area contributed by atoms with Crippen LogP contribution in [0.1, 0.15) is 26.2 Å². The van der Waals surface area contributed by atoms with Gasteiger partial charge in [-0.25, -0.2) is 4.79 Å². The number of rotatable bonds is 9. The van der Waals surface area contributed by atoms with Gasteiger partial charge in [0.25, 0.3) is 5.91 Å². The summed E-state index contributed by atoms with van der Waals surface area (Å²) in [5.74, 6) is -4.09. The second-order valence-corrected chi connectivity index (χ2v) is 7.42. The summed E-state index contributed by atoms with van der Waals surface area (Å²) in [6.07, 6.45) is 0.238. The molecule has 0 aromatic heterocycles. The minimum absolute atomic E-state index is 0. The van der Waals surface area contributed by atoms with Crippen molar-refractivity contribution in [1.29, 1.82) is 0 Å². The molecule has 0 aliphatic carbocycles. The monoisotopic (exact) mass is 437 g/mol. The van der Waals surface area contributed by atoms with Crippen LogP contribution in [0.5, 0.6) is 0 Å². The van der Waals surface area contributed by atoms with Crippen molar-refractivity contribution in [2.75, 3.05) is 12.4 Å². The number of ether oxygens (including phenoxy) is 1. The van der Waals surface area contributed by atoms with E-state index in [1.54, 1.807) is 0 Å². The normalized spacial score (nSPS) is 21.3. The predicted molar refractivity (Wildman–Crippen MR) is 93.2 cm³/mol. The van der Waals surface area contributed by atoms with Crippen molar-refractivity contribution in [2.24, 2.45) is 5.73 Å². The molecule has 0 radical (unpaired) electrons. The molecule has 2 heterocycles. The molecule has 2 amide bonds. The molecule has 0 aromatic rings. The molecule has 0 saturated carbocycles. The van der Waals surface area contributed by atoms with Gasteiger partial charge in [0.05, 0.1) is 5.97 Å². The van der Waals surface area contributed by atoms with E-state index in [1.807, 2.05) is 0 Å². The Labute approximate surface area is 192 Å². The Kier molecular flexibility index (Phi) is 9.62. The van der Waals surface area contributed by atoms with Crippen molar-refractivity contribution in [2.45, 2.75) is 43.6 Å². The van der Waals surface area contributed by atoms with Gasteiger partial charge in [-0.05, 0) is 12.8 Å². The smallest absolute Gasteiger partial charge is 0.548 e. The molecule has 0 unspecified atom stereocenters. The number of carboxylic acid groups (broad SMARTS) is 2. The molecule has 1 fully saturated rings. The van der Waals surface area contributed by atoms with Gasteiger partial charge in [-0.1, -0.05) is 0 Å². The number of carbonyl (C=O) groups is 5. The van der Waals surface area contributed by atoms with Crippen molar-refractivity contribution in [3.63, 3.8) is 0 Å². The van der Waals surface area contributed by atoms with Gasteiger partial charge in [-0.3, -0.25) is 19.3 Å². The summed E-state index contributed by atoms with van der Waals surface area (Å²) in [6.45, 7) is 0.968. The molecule has 4 N–H and O–H groups in total. The van der Waals surface area contributed by atoms with E-state index in [-0.39, 0.29) is 66.9 Å². The number of hydrogen-bond acceptors (Lipinski definition) is 9. The zero-order valence-corrected chi connectivity index (χ0v) is 18.8. The third-order valence-electron chi connectivity index (χ3n) is 4.24. The van der Waals surface area contributed by atoms with E-state index in [0.29, 0.717) is 5.57 Å². The first-order valence-corrected chi connectivity index (χ1v) is 9.47. The van der Waals surface area contributed by atoms with Crippen LogP contribution in [-0.2, 0) is 28.7 Å². The fraction of sp³-hybridized carbons (Fsp3) is 0.562. The number of nitrogens with one attached hydrogen (secondary N) is 1. The first-order chi connectivity index (χ1) is 13.1. The van der Waals surface area contributed by atoms with Gasteiger partial charge in [0.15, 0.2) is 0 Å². The second kappa shape index (κ2) is 11.0. The Morgan fingerprint density at radius 2 is 2.07 bits per heavy atom. The van der Waals surface area contributed by atoms with Crippen LogP contribution < -0.4 is 45.7 Å². The van der Waals surface area contributed by atoms with Gasteiger partial charge in [0.2, 0.25) is 5.91 Å². The quantitative estimate of drug-likeness (QED) is 0.179. The van der Waals surface area contributed by atoms with E-state index in [0.717, 1.165) is 4.90 Å². The number of aliphatic carboxylic acids is 2. The number of fused-ring (bicyclic) bond motifs is 1. The minimum Gasteiger partial charge on any atom is -0.548 e. The molecule has 1 saturated heterocycles. The molecule has 0 spiro atoms. The number of thioether (sulfide) groups is 1. The molecule has 2 aliphatic rings. The van der Waals surface area contributed by atoms with E-state index >= 15 is 0 Å². The number of β-lactam (4-membered cyclic amide) rings is 1. The zero-order chi connectivity index (χ0) is 21.0. The van der Waals surface area contributed by atoms with E-state index in [2.05, 4.69) is 5.32 Å². The number of hydrogen-bond donors (Lipinski definition) is 3. The van der Waals surface area contributed by atoms with Crippen molar-refractivity contribution < 1.29 is 68.5 Å². The molecule has 2 aliphatic heterocycles. The topological polar surface area (TPSA) is 179 Å². The number of carbonyl (C=O) groups excluding carboxylic acids is 4. The van der Waals surface area contributed by atoms with Gasteiger partial charge in [-0.2, -0.15) is 0 Å². The summed E-state index contributed by atoms with van der Waals surface area (Å²) in [4.78, 5) is 58.5. The maximum Gasteiger partial charge on any atom is 1.00 e. The van der Waals surface area contributed by atoms with Crippen LogP contribution in [0.15, 0.2) is 11.3 Å². The molecule has 0 bridgehead atoms. The summed E-state index contributed by atoms with van der Waals surface area (Å²) in [5.41, 5.74) is 5.37. The van der Waals surface area contributed by atoms with Crippen LogP contribution in [0, 0.1) is 0 Å². The molecule has 2 rings (SSSR count). The third kappa shape index (κ3) is 6.19. The molecule has 29 heavy (non-hydrogen) atoms. The number of nitrogens with two attached hydrogens (primary N) is 1. The van der Waals surface area contributed by atoms with Crippen LogP contribution in [0.2, 0.25) is 0 Å². The van der Waals surface area contributed by atoms with Crippen LogP contribution in [0.25, 0.3) is 0 Å². The molecule has 0 aromatic carbocycles. The van der Waals surface area contributed by atoms with E-state index < -0.39 is 47.2 Å². The van der Waals surface area contributed by atoms with E-state index in [1.165, 1.54) is 18.7 Å². The maximum atomic E-state index is 12.4. The Hall–Kier alpha value is -1.60. The Morgan fingerprint density at radius 1 is 1.41 bits per heavy atom. The Balaban J connectivity index is 0.00000420. The minimum atomic E-state index is -1.40. The number of amides is 2. The van der Waals surface area contributed by atoms with Crippen LogP contribution >= 0.6 is 11.8 Å². The number of esters is 1. The van der Waals surface area contributed by atoms with Gasteiger partial charge < -0.3 is 30.8 Å². The predicted octanol–water partition coefficient (Wildman–Crippen LogP) is -5.46. The van der Waals surface area contributed by atoms with Crippen molar-refractivity contribution in [1.82, 2.24) is 10.2 Å². The Bertz CT molecular complexity index is 744. The molecule has 11 nitrogen and oxygen atoms in total. The average Bonchev–Trinajstić information content (AvgIpc) is 2.62. The fourth-order valence-electron chi connectivity index (χ4n) is 2.83. The molecule has 13 heteroatoms. The SMILES string of the molecule is CC(=O)OCC1=C(C(=O)O)N2C(=O)[C@H](NC(=O)CCC[C@H](N)C(=O)[O-])[C@@H]2SC1.[Na+]. The van der Waals surface area contributed by atoms with Gasteiger partial charge in [-0.15, -0.1) is 11.8 Å². The van der Waals surface area contributed by atoms with Gasteiger partial charge >= 0.3 is 41.5 Å². The van der Waals surface area contributed by atoms with E-state index in [9.17, 15) is 34.2 Å². The van der Waals surface area contributed by atoms with Crippen LogP contribution in [-0.4, -0.2) is 69.5 Å². The summed E-state index contributed by atoms with van der Waals surface area (Å²) in [7, 11) is 0. The molecule has 154 valence electrons. The summed E-state index contributed by atoms with van der Waals surface area (Å²) >= 11 is 1.25. The fourth-order valence-corrected chi connectivity index (χ4v) is 4.16. The van der Waals surface area contributed by atoms with Crippen molar-refractivity contribution in [3.8, 4) is 0 Å². The summed E-state index contributed by atoms with van der Waals surface area (Å²) in [6, 6.07) is -2.04. The largest absolute Gasteiger partial charge is 1.00 e. The van der Waals surface area contributed by atoms with Gasteiger partial charge in [0.1, 0.15) is 23.7 Å². The number of carboxylic acids is 2. The standard InChI is InChI=1S/C16H21N3O8S.Na/c1-7(20)27-5-8-6-28-14-11(13(22)19(14)12(8)16(25)26)18-10(21)4-2-3-9(17)15(23)24;/h9,11,14H,2-6,17H2,1H3,(H,18,21)(H,23,24)(H,25,26);/q;+1/p-1/t9-,11-,14-;/m0./s1.